The van der Waals surface area contributed by atoms with Crippen LogP contribution in [-0.2, 0) is 0 Å². The molecule has 4 aliphatic carbocycles. The maximum atomic E-state index is 12.0. The van der Waals surface area contributed by atoms with Gasteiger partial charge < -0.3 is 17.5 Å². The molecule has 0 radical (unpaired) electrons. The third-order valence-corrected chi connectivity index (χ3v) is 6.86. The van der Waals surface area contributed by atoms with Crippen molar-refractivity contribution in [1.29, 1.82) is 0 Å². The van der Waals surface area contributed by atoms with Crippen molar-refractivity contribution in [1.82, 2.24) is 4.57 Å². The van der Waals surface area contributed by atoms with E-state index in [0.29, 0.717) is 11.8 Å². The minimum atomic E-state index is -0.609. The Bertz CT molecular complexity index is 657. The van der Waals surface area contributed by atoms with Crippen LogP contribution in [0.3, 0.4) is 0 Å². The molecule has 4 bridgehead atoms. The first-order valence-corrected chi connectivity index (χ1v) is 9.06. The van der Waals surface area contributed by atoms with Gasteiger partial charge in [0.15, 0.2) is 6.04 Å². The number of rotatable bonds is 3. The number of benzene rings is 1. The number of nitrogens with one attached hydrogen (secondary N) is 1. The Morgan fingerprint density at radius 2 is 1.62 bits per heavy atom. The average Bonchev–Trinajstić information content (AvgIpc) is 3.07. The monoisotopic (exact) mass is 344 g/mol. The van der Waals surface area contributed by atoms with Crippen LogP contribution in [0.2, 0.25) is 0 Å². The summed E-state index contributed by atoms with van der Waals surface area (Å²) in [5, 5.41) is 12.0. The molecule has 0 saturated heterocycles. The lowest BCUT2D eigenvalue weighted by atomic mass is 9.48. The van der Waals surface area contributed by atoms with E-state index >= 15 is 0 Å². The molecular formula is C20H25ClN2O. The molecule has 1 aromatic carbocycles. The zero-order valence-electron chi connectivity index (χ0n) is 13.8. The van der Waals surface area contributed by atoms with E-state index in [4.69, 9.17) is 0 Å². The average molecular weight is 345 g/mol. The first-order valence-electron chi connectivity index (χ1n) is 9.06. The molecule has 0 aliphatic heterocycles. The Labute approximate surface area is 149 Å². The first-order chi connectivity index (χ1) is 11.2. The van der Waals surface area contributed by atoms with E-state index in [9.17, 15) is 5.11 Å². The number of H-pyrrole nitrogens is 1. The second-order valence-corrected chi connectivity index (χ2v) is 8.06. The van der Waals surface area contributed by atoms with Crippen LogP contribution in [0.25, 0.3) is 0 Å². The van der Waals surface area contributed by atoms with Crippen LogP contribution in [0, 0.1) is 23.7 Å². The molecule has 6 rings (SSSR count). The van der Waals surface area contributed by atoms with Crippen molar-refractivity contribution >= 4 is 0 Å². The highest BCUT2D eigenvalue weighted by Crippen LogP contribution is 2.61. The highest BCUT2D eigenvalue weighted by molar-refractivity contribution is 5.27. The molecule has 128 valence electrons. The molecule has 4 saturated carbocycles. The smallest absolute Gasteiger partial charge is 0.242 e. The number of nitrogens with zero attached hydrogens (tertiary/aromatic N) is 1. The van der Waals surface area contributed by atoms with Crippen molar-refractivity contribution in [2.75, 3.05) is 0 Å². The predicted octanol–water partition coefficient (Wildman–Crippen LogP) is 0.0828. The molecule has 4 aliphatic rings. The van der Waals surface area contributed by atoms with Gasteiger partial charge in [0, 0.05) is 0 Å². The molecule has 0 amide bonds. The van der Waals surface area contributed by atoms with Gasteiger partial charge in [0.2, 0.25) is 6.33 Å². The lowest BCUT2D eigenvalue weighted by Crippen LogP contribution is -3.00. The number of aromatic amines is 1. The second kappa shape index (κ2) is 5.89. The summed E-state index contributed by atoms with van der Waals surface area (Å²) < 4.78 is 2.19. The minimum absolute atomic E-state index is 0. The summed E-state index contributed by atoms with van der Waals surface area (Å²) in [5.74, 6) is 2.63. The van der Waals surface area contributed by atoms with Crippen molar-refractivity contribution in [2.24, 2.45) is 23.7 Å². The summed E-state index contributed by atoms with van der Waals surface area (Å²) in [6, 6.07) is 10.6. The molecule has 2 N–H and O–H groups in total. The number of hydrogen-bond acceptors (Lipinski definition) is 1. The summed E-state index contributed by atoms with van der Waals surface area (Å²) in [7, 11) is 0. The molecule has 3 nitrogen and oxygen atoms in total. The third-order valence-electron chi connectivity index (χ3n) is 6.86. The molecule has 2 aromatic rings. The Morgan fingerprint density at radius 1 is 1.00 bits per heavy atom. The van der Waals surface area contributed by atoms with Gasteiger partial charge in [0.25, 0.3) is 0 Å². The fourth-order valence-corrected chi connectivity index (χ4v) is 6.16. The van der Waals surface area contributed by atoms with Gasteiger partial charge in [-0.3, -0.25) is 4.98 Å². The van der Waals surface area contributed by atoms with Crippen LogP contribution in [0.1, 0.15) is 43.7 Å². The van der Waals surface area contributed by atoms with Gasteiger partial charge in [0.05, 0.1) is 0 Å². The van der Waals surface area contributed by atoms with Gasteiger partial charge in [0.1, 0.15) is 18.0 Å². The number of hydrogen-bond donors (Lipinski definition) is 1. The quantitative estimate of drug-likeness (QED) is 0.841. The zero-order chi connectivity index (χ0) is 15.4. The summed E-state index contributed by atoms with van der Waals surface area (Å²) in [6.07, 6.45) is 12.3. The van der Waals surface area contributed by atoms with Crippen LogP contribution in [0.15, 0.2) is 49.1 Å². The lowest BCUT2D eigenvalue weighted by Gasteiger charge is -2.60. The fraction of sp³-hybridized carbons (Fsp3) is 0.550. The Kier molecular flexibility index (Phi) is 3.97. The molecule has 0 spiro atoms. The van der Waals surface area contributed by atoms with Crippen molar-refractivity contribution < 1.29 is 22.5 Å². The fourth-order valence-electron chi connectivity index (χ4n) is 6.16. The Morgan fingerprint density at radius 3 is 2.17 bits per heavy atom. The van der Waals surface area contributed by atoms with Gasteiger partial charge in [-0.05, 0) is 61.3 Å². The molecule has 1 unspecified atom stereocenters. The van der Waals surface area contributed by atoms with Crippen LogP contribution in [0.4, 0.5) is 0 Å². The Hall–Kier alpha value is -1.32. The van der Waals surface area contributed by atoms with Crippen molar-refractivity contribution in [2.45, 2.75) is 43.7 Å². The standard InChI is InChI=1S/C20H24N2O.ClH/c23-20(17-9-14-8-15(11-17)12-18(20)10-14)19(22-7-6-21-13-22)16-4-2-1-3-5-16;/h1-7,13-15,17-19,23H,8-12H2;1H. The first kappa shape index (κ1) is 16.2. The van der Waals surface area contributed by atoms with Crippen LogP contribution in [0.5, 0.6) is 0 Å². The van der Waals surface area contributed by atoms with E-state index in [2.05, 4.69) is 46.1 Å². The molecular weight excluding hydrogens is 320 g/mol. The molecule has 1 aromatic heterocycles. The normalized spacial score (nSPS) is 37.9. The molecule has 1 atom stereocenters. The van der Waals surface area contributed by atoms with Crippen LogP contribution >= 0.6 is 0 Å². The van der Waals surface area contributed by atoms with Crippen molar-refractivity contribution in [3.8, 4) is 0 Å². The maximum Gasteiger partial charge on any atom is 0.242 e. The van der Waals surface area contributed by atoms with Gasteiger partial charge in [-0.2, -0.15) is 0 Å². The molecule has 24 heavy (non-hydrogen) atoms. The van der Waals surface area contributed by atoms with Crippen LogP contribution < -0.4 is 17.4 Å². The maximum absolute atomic E-state index is 12.0. The SMILES string of the molecule is OC1(C(c2ccccc2)n2cc[nH+]c2)C2CC3CC(C2)CC1C3.[Cl-]. The molecule has 1 heterocycles. The van der Waals surface area contributed by atoms with E-state index in [0.717, 1.165) is 11.8 Å². The van der Waals surface area contributed by atoms with Gasteiger partial charge >= 0.3 is 0 Å². The van der Waals surface area contributed by atoms with Crippen molar-refractivity contribution in [3.05, 3.63) is 54.6 Å². The summed E-state index contributed by atoms with van der Waals surface area (Å²) in [4.78, 5) is 3.17. The lowest BCUT2D eigenvalue weighted by molar-refractivity contribution is -0.378. The summed E-state index contributed by atoms with van der Waals surface area (Å²) >= 11 is 0. The largest absolute Gasteiger partial charge is 1.00 e. The third kappa shape index (κ3) is 2.25. The number of halogens is 1. The number of aromatic nitrogens is 2. The highest BCUT2D eigenvalue weighted by atomic mass is 35.5. The molecule has 4 fully saturated rings. The van der Waals surface area contributed by atoms with Gasteiger partial charge in [-0.1, -0.05) is 30.3 Å². The van der Waals surface area contributed by atoms with Gasteiger partial charge in [-0.15, -0.1) is 0 Å². The minimum Gasteiger partial charge on any atom is -1.00 e. The van der Waals surface area contributed by atoms with E-state index in [1.54, 1.807) is 0 Å². The number of imidazole rings is 1. The second-order valence-electron chi connectivity index (χ2n) is 8.06. The Balaban J connectivity index is 0.00000146. The van der Waals surface area contributed by atoms with E-state index in [1.807, 2.05) is 12.5 Å². The highest BCUT2D eigenvalue weighted by Gasteiger charge is 2.61. The van der Waals surface area contributed by atoms with E-state index < -0.39 is 5.60 Å². The summed E-state index contributed by atoms with van der Waals surface area (Å²) in [6.45, 7) is 0. The van der Waals surface area contributed by atoms with Crippen LogP contribution in [-0.4, -0.2) is 15.3 Å². The van der Waals surface area contributed by atoms with Gasteiger partial charge in [-0.25, -0.2) is 4.57 Å². The predicted molar refractivity (Wildman–Crippen MR) is 87.6 cm³/mol. The van der Waals surface area contributed by atoms with Crippen molar-refractivity contribution in [3.63, 3.8) is 0 Å². The topological polar surface area (TPSA) is 39.3 Å². The van der Waals surface area contributed by atoms with E-state index in [1.165, 1.54) is 37.7 Å². The van der Waals surface area contributed by atoms with E-state index in [-0.39, 0.29) is 18.4 Å². The zero-order valence-corrected chi connectivity index (χ0v) is 14.6. The summed E-state index contributed by atoms with van der Waals surface area (Å²) in [5.41, 5.74) is 0.619. The number of aliphatic hydroxyl groups is 1. The molecule has 4 heteroatoms.